The van der Waals surface area contributed by atoms with Gasteiger partial charge < -0.3 is 9.47 Å². The van der Waals surface area contributed by atoms with E-state index in [0.717, 1.165) is 48.1 Å². The zero-order valence-corrected chi connectivity index (χ0v) is 39.7. The van der Waals surface area contributed by atoms with Crippen molar-refractivity contribution in [2.24, 2.45) is 0 Å². The molecule has 0 amide bonds. The van der Waals surface area contributed by atoms with Crippen molar-refractivity contribution in [3.8, 4) is 23.6 Å². The highest BCUT2D eigenvalue weighted by molar-refractivity contribution is 7.13. The van der Waals surface area contributed by atoms with Crippen LogP contribution < -0.4 is 9.47 Å². The van der Waals surface area contributed by atoms with E-state index in [2.05, 4.69) is 45.9 Å². The van der Waals surface area contributed by atoms with Crippen LogP contribution in [0.25, 0.3) is 17.2 Å². The summed E-state index contributed by atoms with van der Waals surface area (Å²) in [5, 5.41) is 20.8. The predicted molar refractivity (Wildman–Crippen MR) is 258 cm³/mol. The molecule has 0 bridgehead atoms. The zero-order chi connectivity index (χ0) is 42.6. The van der Waals surface area contributed by atoms with Crippen LogP contribution >= 0.6 is 11.3 Å². The van der Waals surface area contributed by atoms with E-state index in [4.69, 9.17) is 9.47 Å². The van der Waals surface area contributed by atoms with Crippen LogP contribution in [-0.2, 0) is 6.42 Å². The van der Waals surface area contributed by atoms with Crippen molar-refractivity contribution >= 4 is 28.6 Å². The molecule has 2 aromatic rings. The lowest BCUT2D eigenvalue weighted by Gasteiger charge is -2.17. The summed E-state index contributed by atoms with van der Waals surface area (Å²) in [5.41, 5.74) is 4.03. The summed E-state index contributed by atoms with van der Waals surface area (Å²) in [5.74, 6) is 1.31. The minimum absolute atomic E-state index is 0.561. The van der Waals surface area contributed by atoms with Crippen LogP contribution in [0.5, 0.6) is 11.5 Å². The quantitative estimate of drug-likeness (QED) is 0.0500. The Hall–Kier alpha value is -3.02. The van der Waals surface area contributed by atoms with E-state index in [1.54, 1.807) is 11.3 Å². The van der Waals surface area contributed by atoms with Crippen LogP contribution in [0.1, 0.15) is 247 Å². The molecule has 0 spiro atoms. The van der Waals surface area contributed by atoms with Crippen molar-refractivity contribution < 1.29 is 9.47 Å². The molecule has 0 aliphatic heterocycles. The van der Waals surface area contributed by atoms with E-state index in [1.807, 2.05) is 31.2 Å². The standard InChI is InChI=1S/C54H86N2O2S/c1-6-10-13-16-19-22-25-28-31-34-37-48-40-50(59-46(48)5)41-49(45-56)52-43-53(57-38-35-32-29-26-23-20-17-14-11-7-2)51(47(9-4)44-55)42-54(52)58-39-36-33-30-27-24-21-18-15-12-8-3/h9,40-43H,6-8,10-39H2,1-5H3/b47-9+,49-41+. The number of ether oxygens (including phenoxy) is 2. The second-order valence-corrected chi connectivity index (χ2v) is 18.3. The average molecular weight is 827 g/mol. The Bertz CT molecular complexity index is 1510. The van der Waals surface area contributed by atoms with Gasteiger partial charge in [-0.15, -0.1) is 11.3 Å². The van der Waals surface area contributed by atoms with Crippen LogP contribution in [-0.4, -0.2) is 13.2 Å². The number of benzene rings is 1. The van der Waals surface area contributed by atoms with Gasteiger partial charge >= 0.3 is 0 Å². The van der Waals surface area contributed by atoms with Gasteiger partial charge in [0.05, 0.1) is 36.5 Å². The third-order valence-electron chi connectivity index (χ3n) is 11.8. The summed E-state index contributed by atoms with van der Waals surface area (Å²) in [4.78, 5) is 2.44. The molecule has 0 atom stereocenters. The SMILES string of the molecule is C/C=C(\C#N)c1cc(OCCCCCCCCCCCC)c(/C(C#N)=C/c2cc(CCCCCCCCCCCC)c(C)s2)cc1OCCCCCCCCCCCC. The third-order valence-corrected chi connectivity index (χ3v) is 12.9. The molecule has 59 heavy (non-hydrogen) atoms. The van der Waals surface area contributed by atoms with Crippen LogP contribution in [0.3, 0.4) is 0 Å². The normalized spacial score (nSPS) is 11.8. The van der Waals surface area contributed by atoms with Crippen LogP contribution in [0, 0.1) is 29.6 Å². The fourth-order valence-corrected chi connectivity index (χ4v) is 9.05. The average Bonchev–Trinajstić information content (AvgIpc) is 3.60. The van der Waals surface area contributed by atoms with Gasteiger partial charge in [-0.25, -0.2) is 0 Å². The molecule has 0 aliphatic rings. The molecule has 0 saturated carbocycles. The zero-order valence-electron chi connectivity index (χ0n) is 38.8. The lowest BCUT2D eigenvalue weighted by molar-refractivity contribution is 0.295. The predicted octanol–water partition coefficient (Wildman–Crippen LogP) is 18.1. The molecule has 0 aliphatic carbocycles. The molecule has 1 heterocycles. The first kappa shape index (κ1) is 52.1. The molecule has 0 radical (unpaired) electrons. The fraction of sp³-hybridized carbons (Fsp3) is 0.704. The molecule has 1 aromatic heterocycles. The Balaban J connectivity index is 2.18. The third kappa shape index (κ3) is 23.5. The van der Waals surface area contributed by atoms with Crippen molar-refractivity contribution in [3.05, 3.63) is 50.7 Å². The summed E-state index contributed by atoms with van der Waals surface area (Å²) >= 11 is 1.77. The first-order valence-electron chi connectivity index (χ1n) is 24.7. The van der Waals surface area contributed by atoms with Crippen molar-refractivity contribution in [1.82, 2.24) is 0 Å². The molecule has 330 valence electrons. The van der Waals surface area contributed by atoms with Crippen molar-refractivity contribution in [3.63, 3.8) is 0 Å². The Labute approximate surface area is 368 Å². The van der Waals surface area contributed by atoms with E-state index in [1.165, 1.54) is 177 Å². The Morgan fingerprint density at radius 2 is 0.864 bits per heavy atom. The number of hydrogen-bond acceptors (Lipinski definition) is 5. The van der Waals surface area contributed by atoms with Crippen molar-refractivity contribution in [2.45, 2.75) is 234 Å². The van der Waals surface area contributed by atoms with Gasteiger partial charge in [-0.1, -0.05) is 200 Å². The maximum atomic E-state index is 10.7. The molecular weight excluding hydrogens is 741 g/mol. The van der Waals surface area contributed by atoms with Crippen molar-refractivity contribution in [1.29, 1.82) is 10.5 Å². The van der Waals surface area contributed by atoms with Gasteiger partial charge in [0.1, 0.15) is 11.5 Å². The Morgan fingerprint density at radius 3 is 1.24 bits per heavy atom. The van der Waals surface area contributed by atoms with Crippen LogP contribution in [0.15, 0.2) is 24.3 Å². The van der Waals surface area contributed by atoms with Gasteiger partial charge in [-0.3, -0.25) is 0 Å². The minimum Gasteiger partial charge on any atom is -0.493 e. The first-order valence-corrected chi connectivity index (χ1v) is 25.6. The van der Waals surface area contributed by atoms with E-state index < -0.39 is 0 Å². The van der Waals surface area contributed by atoms with Gasteiger partial charge in [0.15, 0.2) is 0 Å². The molecule has 2 rings (SSSR count). The molecular formula is C54H86N2O2S. The van der Waals surface area contributed by atoms with Gasteiger partial charge in [0.25, 0.3) is 0 Å². The number of nitriles is 2. The maximum Gasteiger partial charge on any atom is 0.128 e. The Kier molecular flexibility index (Phi) is 31.5. The topological polar surface area (TPSA) is 66.0 Å². The first-order chi connectivity index (χ1) is 29.0. The lowest BCUT2D eigenvalue weighted by atomic mass is 9.97. The second-order valence-electron chi connectivity index (χ2n) is 17.1. The maximum absolute atomic E-state index is 10.7. The smallest absolute Gasteiger partial charge is 0.128 e. The monoisotopic (exact) mass is 827 g/mol. The number of allylic oxidation sites excluding steroid dienone is 3. The largest absolute Gasteiger partial charge is 0.493 e. The molecule has 5 heteroatoms. The molecule has 0 fully saturated rings. The van der Waals surface area contributed by atoms with Gasteiger partial charge in [-0.05, 0) is 69.4 Å². The number of hydrogen-bond donors (Lipinski definition) is 0. The number of nitrogens with zero attached hydrogens (tertiary/aromatic N) is 2. The Morgan fingerprint density at radius 1 is 0.508 bits per heavy atom. The summed E-state index contributed by atoms with van der Waals surface area (Å²) in [6, 6.07) is 11.1. The number of aryl methyl sites for hydroxylation is 2. The summed E-state index contributed by atoms with van der Waals surface area (Å²) < 4.78 is 13.0. The molecule has 0 N–H and O–H groups in total. The number of unbranched alkanes of at least 4 members (excludes halogenated alkanes) is 27. The lowest BCUT2D eigenvalue weighted by Crippen LogP contribution is -2.05. The van der Waals surface area contributed by atoms with E-state index in [-0.39, 0.29) is 0 Å². The minimum atomic E-state index is 0.561. The molecule has 1 aromatic carbocycles. The number of thiophene rings is 1. The molecule has 4 nitrogen and oxygen atoms in total. The highest BCUT2D eigenvalue weighted by Gasteiger charge is 2.19. The molecule has 0 unspecified atom stereocenters. The highest BCUT2D eigenvalue weighted by Crippen LogP contribution is 2.39. The number of rotatable bonds is 38. The summed E-state index contributed by atoms with van der Waals surface area (Å²) in [6.07, 6.45) is 43.7. The van der Waals surface area contributed by atoms with Crippen LogP contribution in [0.2, 0.25) is 0 Å². The molecule has 0 saturated heterocycles. The summed E-state index contributed by atoms with van der Waals surface area (Å²) in [6.45, 7) is 12.1. The fourth-order valence-electron chi connectivity index (χ4n) is 8.02. The van der Waals surface area contributed by atoms with Gasteiger partial charge in [0.2, 0.25) is 0 Å². The second kappa shape index (κ2) is 35.7. The highest BCUT2D eigenvalue weighted by atomic mass is 32.1. The van der Waals surface area contributed by atoms with E-state index in [0.29, 0.717) is 35.9 Å². The van der Waals surface area contributed by atoms with E-state index >= 15 is 0 Å². The van der Waals surface area contributed by atoms with Crippen LogP contribution in [0.4, 0.5) is 0 Å². The van der Waals surface area contributed by atoms with Crippen molar-refractivity contribution in [2.75, 3.05) is 13.2 Å². The van der Waals surface area contributed by atoms with Gasteiger partial charge in [-0.2, -0.15) is 10.5 Å². The summed E-state index contributed by atoms with van der Waals surface area (Å²) in [7, 11) is 0. The van der Waals surface area contributed by atoms with Gasteiger partial charge in [0, 0.05) is 20.9 Å². The van der Waals surface area contributed by atoms with E-state index in [9.17, 15) is 10.5 Å².